The molecule has 0 bridgehead atoms. The van der Waals surface area contributed by atoms with Gasteiger partial charge in [0.05, 0.1) is 12.7 Å². The molecule has 4 heterocycles. The Balaban J connectivity index is 1.19. The number of carbonyl (C=O) groups excluding carboxylic acids is 1. The Morgan fingerprint density at radius 2 is 1.87 bits per heavy atom. The van der Waals surface area contributed by atoms with Crippen molar-refractivity contribution in [2.75, 3.05) is 71.0 Å². The van der Waals surface area contributed by atoms with Gasteiger partial charge < -0.3 is 29.5 Å². The summed E-state index contributed by atoms with van der Waals surface area (Å²) in [5.74, 6) is 1.72. The number of ether oxygens (including phenoxy) is 2. The molecule has 1 amide bonds. The molecule has 0 aromatic carbocycles. The Morgan fingerprint density at radius 3 is 2.58 bits per heavy atom. The fraction of sp³-hybridized carbons (Fsp3) is 0.714. The van der Waals surface area contributed by atoms with Gasteiger partial charge in [0.15, 0.2) is 5.96 Å². The van der Waals surface area contributed by atoms with E-state index in [4.69, 9.17) is 9.47 Å². The summed E-state index contributed by atoms with van der Waals surface area (Å²) in [5, 5.41) is 3.36. The summed E-state index contributed by atoms with van der Waals surface area (Å²) >= 11 is 0. The smallest absolute Gasteiger partial charge is 0.225 e. The van der Waals surface area contributed by atoms with Crippen LogP contribution in [0.5, 0.6) is 0 Å². The van der Waals surface area contributed by atoms with Crippen molar-refractivity contribution in [3.8, 4) is 0 Å². The summed E-state index contributed by atoms with van der Waals surface area (Å²) in [6, 6.07) is 1.81. The summed E-state index contributed by atoms with van der Waals surface area (Å²) in [6.45, 7) is 6.51. The first-order valence-corrected chi connectivity index (χ1v) is 11.2. The standard InChI is InChI=1S/C21H33N7O3/c1-22-20(28-13-15-31-18(16-28)17-4-2-14-30-17)25-8-5-19(29)26-9-11-27(12-10-26)21-23-6-3-7-24-21/h3,6-7,17-18H,2,4-5,8-16H2,1H3,(H,22,25). The molecule has 0 spiro atoms. The summed E-state index contributed by atoms with van der Waals surface area (Å²) < 4.78 is 11.7. The van der Waals surface area contributed by atoms with Crippen LogP contribution in [0.4, 0.5) is 5.95 Å². The van der Waals surface area contributed by atoms with Crippen LogP contribution in [0.15, 0.2) is 23.5 Å². The highest BCUT2D eigenvalue weighted by Gasteiger charge is 2.32. The van der Waals surface area contributed by atoms with Crippen molar-refractivity contribution in [2.45, 2.75) is 31.5 Å². The molecule has 4 rings (SSSR count). The maximum atomic E-state index is 12.7. The minimum Gasteiger partial charge on any atom is -0.375 e. The molecule has 0 aliphatic carbocycles. The van der Waals surface area contributed by atoms with Crippen LogP contribution in [-0.4, -0.2) is 110 Å². The highest BCUT2D eigenvalue weighted by molar-refractivity contribution is 5.81. The second-order valence-electron chi connectivity index (χ2n) is 8.05. The number of hydrogen-bond donors (Lipinski definition) is 1. The van der Waals surface area contributed by atoms with Crippen LogP contribution in [0.1, 0.15) is 19.3 Å². The lowest BCUT2D eigenvalue weighted by molar-refractivity contribution is -0.131. The summed E-state index contributed by atoms with van der Waals surface area (Å²) in [4.78, 5) is 31.9. The number of amides is 1. The second kappa shape index (κ2) is 10.7. The summed E-state index contributed by atoms with van der Waals surface area (Å²) in [5.41, 5.74) is 0. The van der Waals surface area contributed by atoms with Gasteiger partial charge in [-0.25, -0.2) is 9.97 Å². The number of carbonyl (C=O) groups is 1. The van der Waals surface area contributed by atoms with Crippen LogP contribution in [0.2, 0.25) is 0 Å². The SMILES string of the molecule is CN=C(NCCC(=O)N1CCN(c2ncccn2)CC1)N1CCOC(C2CCCO2)C1. The first-order chi connectivity index (χ1) is 15.2. The maximum Gasteiger partial charge on any atom is 0.225 e. The second-order valence-corrected chi connectivity index (χ2v) is 8.05. The lowest BCUT2D eigenvalue weighted by atomic mass is 10.1. The van der Waals surface area contributed by atoms with Crippen LogP contribution < -0.4 is 10.2 Å². The topological polar surface area (TPSA) is 95.4 Å². The number of hydrogen-bond acceptors (Lipinski definition) is 7. The number of aliphatic imine (C=N–C) groups is 1. The third kappa shape index (κ3) is 5.62. The average Bonchev–Trinajstić information content (AvgIpc) is 3.38. The molecule has 3 fully saturated rings. The Bertz CT molecular complexity index is 734. The molecule has 3 aliphatic rings. The van der Waals surface area contributed by atoms with Crippen molar-refractivity contribution < 1.29 is 14.3 Å². The zero-order valence-electron chi connectivity index (χ0n) is 18.3. The van der Waals surface area contributed by atoms with E-state index in [1.807, 2.05) is 11.0 Å². The number of piperazine rings is 1. The number of rotatable bonds is 5. The van der Waals surface area contributed by atoms with E-state index in [9.17, 15) is 4.79 Å². The van der Waals surface area contributed by atoms with E-state index in [0.29, 0.717) is 32.7 Å². The Morgan fingerprint density at radius 1 is 1.10 bits per heavy atom. The molecule has 0 saturated carbocycles. The van der Waals surface area contributed by atoms with E-state index in [-0.39, 0.29) is 18.1 Å². The summed E-state index contributed by atoms with van der Waals surface area (Å²) in [7, 11) is 1.78. The van der Waals surface area contributed by atoms with Crippen molar-refractivity contribution in [1.29, 1.82) is 0 Å². The average molecular weight is 432 g/mol. The molecule has 1 aromatic heterocycles. The van der Waals surface area contributed by atoms with E-state index in [2.05, 4.69) is 30.1 Å². The zero-order valence-corrected chi connectivity index (χ0v) is 18.3. The van der Waals surface area contributed by atoms with Gasteiger partial charge in [0.1, 0.15) is 6.10 Å². The van der Waals surface area contributed by atoms with Crippen molar-refractivity contribution >= 4 is 17.8 Å². The van der Waals surface area contributed by atoms with E-state index in [1.165, 1.54) is 0 Å². The number of aromatic nitrogens is 2. The van der Waals surface area contributed by atoms with Crippen LogP contribution >= 0.6 is 0 Å². The molecular formula is C21H33N7O3. The minimum absolute atomic E-state index is 0.0846. The van der Waals surface area contributed by atoms with Crippen molar-refractivity contribution in [3.63, 3.8) is 0 Å². The highest BCUT2D eigenvalue weighted by Crippen LogP contribution is 2.21. The van der Waals surface area contributed by atoms with Crippen molar-refractivity contribution in [3.05, 3.63) is 18.5 Å². The molecule has 1 aromatic rings. The molecule has 10 nitrogen and oxygen atoms in total. The quantitative estimate of drug-likeness (QED) is 0.513. The molecule has 170 valence electrons. The molecule has 2 atom stereocenters. The lowest BCUT2D eigenvalue weighted by Gasteiger charge is -2.37. The third-order valence-electron chi connectivity index (χ3n) is 6.07. The molecule has 3 saturated heterocycles. The first kappa shape index (κ1) is 21.8. The molecular weight excluding hydrogens is 398 g/mol. The van der Waals surface area contributed by atoms with Crippen molar-refractivity contribution in [2.24, 2.45) is 4.99 Å². The van der Waals surface area contributed by atoms with Gasteiger partial charge in [-0.3, -0.25) is 9.79 Å². The van der Waals surface area contributed by atoms with E-state index >= 15 is 0 Å². The van der Waals surface area contributed by atoms with Gasteiger partial charge in [0, 0.05) is 78.3 Å². The molecule has 10 heteroatoms. The van der Waals surface area contributed by atoms with Crippen LogP contribution in [-0.2, 0) is 14.3 Å². The van der Waals surface area contributed by atoms with Gasteiger partial charge in [-0.15, -0.1) is 0 Å². The van der Waals surface area contributed by atoms with Gasteiger partial charge in [-0.05, 0) is 18.9 Å². The summed E-state index contributed by atoms with van der Waals surface area (Å²) in [6.07, 6.45) is 6.37. The third-order valence-corrected chi connectivity index (χ3v) is 6.07. The fourth-order valence-corrected chi connectivity index (χ4v) is 4.37. The largest absolute Gasteiger partial charge is 0.375 e. The predicted molar refractivity (Wildman–Crippen MR) is 117 cm³/mol. The van der Waals surface area contributed by atoms with E-state index in [1.54, 1.807) is 19.4 Å². The molecule has 3 aliphatic heterocycles. The highest BCUT2D eigenvalue weighted by atomic mass is 16.5. The Kier molecular flexibility index (Phi) is 7.52. The number of nitrogens with one attached hydrogen (secondary N) is 1. The first-order valence-electron chi connectivity index (χ1n) is 11.2. The van der Waals surface area contributed by atoms with E-state index in [0.717, 1.165) is 57.5 Å². The minimum atomic E-state index is 0.0846. The van der Waals surface area contributed by atoms with Gasteiger partial charge in [0.2, 0.25) is 11.9 Å². The molecule has 2 unspecified atom stereocenters. The molecule has 1 N–H and O–H groups in total. The predicted octanol–water partition coefficient (Wildman–Crippen LogP) is -0.0295. The number of guanidine groups is 1. The Hall–Kier alpha value is -2.46. The Labute approximate surface area is 183 Å². The normalized spacial score (nSPS) is 25.1. The number of anilines is 1. The van der Waals surface area contributed by atoms with Gasteiger partial charge >= 0.3 is 0 Å². The zero-order chi connectivity index (χ0) is 21.5. The number of nitrogens with zero attached hydrogens (tertiary/aromatic N) is 6. The molecule has 0 radical (unpaired) electrons. The number of morpholine rings is 1. The van der Waals surface area contributed by atoms with E-state index < -0.39 is 0 Å². The van der Waals surface area contributed by atoms with Crippen LogP contribution in [0, 0.1) is 0 Å². The van der Waals surface area contributed by atoms with Crippen molar-refractivity contribution in [1.82, 2.24) is 25.1 Å². The van der Waals surface area contributed by atoms with Gasteiger partial charge in [-0.2, -0.15) is 0 Å². The van der Waals surface area contributed by atoms with Crippen LogP contribution in [0.25, 0.3) is 0 Å². The fourth-order valence-electron chi connectivity index (χ4n) is 4.37. The maximum absolute atomic E-state index is 12.7. The lowest BCUT2D eigenvalue weighted by Crippen LogP contribution is -2.54. The van der Waals surface area contributed by atoms with Gasteiger partial charge in [0.25, 0.3) is 0 Å². The monoisotopic (exact) mass is 431 g/mol. The van der Waals surface area contributed by atoms with Crippen LogP contribution in [0.3, 0.4) is 0 Å². The molecule has 31 heavy (non-hydrogen) atoms. The van der Waals surface area contributed by atoms with Gasteiger partial charge in [-0.1, -0.05) is 0 Å².